The lowest BCUT2D eigenvalue weighted by Crippen LogP contribution is -2.17. The molecule has 2 N–H and O–H groups in total. The fourth-order valence-electron chi connectivity index (χ4n) is 2.87. The average Bonchev–Trinajstić information content (AvgIpc) is 2.67. The van der Waals surface area contributed by atoms with Crippen molar-refractivity contribution in [2.24, 2.45) is 0 Å². The maximum atomic E-state index is 13.0. The number of nitrogens with one attached hydrogen (secondary N) is 2. The predicted molar refractivity (Wildman–Crippen MR) is 109 cm³/mol. The topological polar surface area (TPSA) is 66.9 Å². The molecule has 0 bridgehead atoms. The minimum Gasteiger partial charge on any atom is -0.366 e. The Kier molecular flexibility index (Phi) is 5.99. The van der Waals surface area contributed by atoms with Crippen molar-refractivity contribution in [3.8, 4) is 0 Å². The molecule has 0 unspecified atom stereocenters. The molecular weight excluding hydrogens is 355 g/mol. The monoisotopic (exact) mass is 378 g/mol. The summed E-state index contributed by atoms with van der Waals surface area (Å²) in [4.78, 5) is 21.3. The first-order valence-corrected chi connectivity index (χ1v) is 9.16. The van der Waals surface area contributed by atoms with Crippen molar-refractivity contribution in [3.63, 3.8) is 0 Å². The zero-order chi connectivity index (χ0) is 20.1. The zero-order valence-corrected chi connectivity index (χ0v) is 16.2. The summed E-state index contributed by atoms with van der Waals surface area (Å²) in [5.41, 5.74) is 3.04. The average molecular weight is 378 g/mol. The van der Waals surface area contributed by atoms with E-state index in [4.69, 9.17) is 0 Å². The number of benzene rings is 2. The Morgan fingerprint density at radius 3 is 2.50 bits per heavy atom. The molecule has 1 amide bonds. The van der Waals surface area contributed by atoms with Crippen LogP contribution in [0, 0.1) is 12.7 Å². The molecule has 2 aromatic carbocycles. The largest absolute Gasteiger partial charge is 0.366 e. The first kappa shape index (κ1) is 19.5. The van der Waals surface area contributed by atoms with Gasteiger partial charge < -0.3 is 10.6 Å². The quantitative estimate of drug-likeness (QED) is 0.639. The summed E-state index contributed by atoms with van der Waals surface area (Å²) in [6.07, 6.45) is 0. The van der Waals surface area contributed by atoms with E-state index in [9.17, 15) is 9.18 Å². The Morgan fingerprint density at radius 1 is 1.07 bits per heavy atom. The molecule has 0 fully saturated rings. The molecule has 6 heteroatoms. The highest BCUT2D eigenvalue weighted by Crippen LogP contribution is 2.24. The van der Waals surface area contributed by atoms with Crippen LogP contribution in [0.1, 0.15) is 47.2 Å². The van der Waals surface area contributed by atoms with Gasteiger partial charge in [0, 0.05) is 18.3 Å². The number of rotatable bonds is 6. The highest BCUT2D eigenvalue weighted by atomic mass is 19.1. The van der Waals surface area contributed by atoms with Gasteiger partial charge in [-0.2, -0.15) is 0 Å². The van der Waals surface area contributed by atoms with E-state index in [1.807, 2.05) is 24.3 Å². The number of carbonyl (C=O) groups is 1. The summed E-state index contributed by atoms with van der Waals surface area (Å²) >= 11 is 0. The summed E-state index contributed by atoms with van der Waals surface area (Å²) < 4.78 is 13.0. The lowest BCUT2D eigenvalue weighted by Gasteiger charge is -2.14. The van der Waals surface area contributed by atoms with Crippen molar-refractivity contribution in [1.82, 2.24) is 9.97 Å². The summed E-state index contributed by atoms with van der Waals surface area (Å²) in [5, 5.41) is 6.10. The molecule has 1 aromatic heterocycles. The Balaban J connectivity index is 1.75. The number of aryl methyl sites for hydroxylation is 1. The molecule has 0 aliphatic heterocycles. The SMILES string of the molecule is Cc1nc(NCc2ccc(F)cc2)cc(C(=O)Nc2ccccc2C(C)C)n1. The van der Waals surface area contributed by atoms with Gasteiger partial charge in [-0.05, 0) is 42.2 Å². The minimum atomic E-state index is -0.288. The van der Waals surface area contributed by atoms with Crippen LogP contribution in [0.25, 0.3) is 0 Å². The molecule has 0 aliphatic rings. The number of nitrogens with zero attached hydrogens (tertiary/aromatic N) is 2. The van der Waals surface area contributed by atoms with Crippen LogP contribution in [0.5, 0.6) is 0 Å². The van der Waals surface area contributed by atoms with E-state index < -0.39 is 0 Å². The fourth-order valence-corrected chi connectivity index (χ4v) is 2.87. The Morgan fingerprint density at radius 2 is 1.79 bits per heavy atom. The number of hydrogen-bond donors (Lipinski definition) is 2. The van der Waals surface area contributed by atoms with Crippen LogP contribution in [0.4, 0.5) is 15.9 Å². The molecule has 0 aliphatic carbocycles. The maximum Gasteiger partial charge on any atom is 0.274 e. The zero-order valence-electron chi connectivity index (χ0n) is 16.2. The lowest BCUT2D eigenvalue weighted by atomic mass is 10.0. The molecule has 3 rings (SSSR count). The van der Waals surface area contributed by atoms with E-state index in [1.54, 1.807) is 25.1 Å². The van der Waals surface area contributed by atoms with Gasteiger partial charge in [0.2, 0.25) is 0 Å². The molecule has 0 atom stereocenters. The highest BCUT2D eigenvalue weighted by Gasteiger charge is 2.14. The number of aromatic nitrogens is 2. The predicted octanol–water partition coefficient (Wildman–Crippen LogP) is 4.91. The van der Waals surface area contributed by atoms with Crippen LogP contribution in [-0.4, -0.2) is 15.9 Å². The van der Waals surface area contributed by atoms with Crippen LogP contribution < -0.4 is 10.6 Å². The molecule has 3 aromatic rings. The number of carbonyl (C=O) groups excluding carboxylic acids is 1. The van der Waals surface area contributed by atoms with Crippen molar-refractivity contribution in [3.05, 3.63) is 83.1 Å². The van der Waals surface area contributed by atoms with Gasteiger partial charge in [0.05, 0.1) is 0 Å². The van der Waals surface area contributed by atoms with Gasteiger partial charge in [-0.15, -0.1) is 0 Å². The van der Waals surface area contributed by atoms with E-state index in [1.165, 1.54) is 12.1 Å². The minimum absolute atomic E-state index is 0.276. The van der Waals surface area contributed by atoms with Gasteiger partial charge in [0.25, 0.3) is 5.91 Å². The second-order valence-corrected chi connectivity index (χ2v) is 6.86. The molecule has 5 nitrogen and oxygen atoms in total. The molecule has 1 heterocycles. The maximum absolute atomic E-state index is 13.0. The van der Waals surface area contributed by atoms with Gasteiger partial charge in [-0.1, -0.05) is 44.2 Å². The number of hydrogen-bond acceptors (Lipinski definition) is 4. The molecular formula is C22H23FN4O. The Labute approximate surface area is 164 Å². The normalized spacial score (nSPS) is 10.8. The molecule has 0 radical (unpaired) electrons. The molecule has 0 saturated heterocycles. The third-order valence-electron chi connectivity index (χ3n) is 4.29. The van der Waals surface area contributed by atoms with E-state index in [0.29, 0.717) is 18.2 Å². The summed E-state index contributed by atoms with van der Waals surface area (Å²) in [6.45, 7) is 6.37. The van der Waals surface area contributed by atoms with Gasteiger partial charge in [-0.25, -0.2) is 14.4 Å². The van der Waals surface area contributed by atoms with Crippen LogP contribution in [0.3, 0.4) is 0 Å². The van der Waals surface area contributed by atoms with Crippen molar-refractivity contribution in [2.75, 3.05) is 10.6 Å². The van der Waals surface area contributed by atoms with Gasteiger partial charge in [-0.3, -0.25) is 4.79 Å². The molecule has 144 valence electrons. The summed E-state index contributed by atoms with van der Waals surface area (Å²) in [6, 6.07) is 15.6. The standard InChI is InChI=1S/C22H23FN4O/c1-14(2)18-6-4-5-7-19(18)27-22(28)20-12-21(26-15(3)25-20)24-13-16-8-10-17(23)11-9-16/h4-12,14H,13H2,1-3H3,(H,27,28)(H,24,25,26). The van der Waals surface area contributed by atoms with Gasteiger partial charge in [0.15, 0.2) is 0 Å². The van der Waals surface area contributed by atoms with Gasteiger partial charge >= 0.3 is 0 Å². The first-order valence-electron chi connectivity index (χ1n) is 9.16. The van der Waals surface area contributed by atoms with E-state index >= 15 is 0 Å². The van der Waals surface area contributed by atoms with Crippen LogP contribution in [0.15, 0.2) is 54.6 Å². The highest BCUT2D eigenvalue weighted by molar-refractivity contribution is 6.03. The van der Waals surface area contributed by atoms with Crippen molar-refractivity contribution >= 4 is 17.4 Å². The smallest absolute Gasteiger partial charge is 0.274 e. The number of anilines is 2. The molecule has 0 saturated carbocycles. The number of para-hydroxylation sites is 1. The summed E-state index contributed by atoms with van der Waals surface area (Å²) in [7, 11) is 0. The second kappa shape index (κ2) is 8.61. The number of amides is 1. The first-order chi connectivity index (χ1) is 13.4. The Hall–Kier alpha value is -3.28. The Bertz CT molecular complexity index is 971. The van der Waals surface area contributed by atoms with E-state index in [2.05, 4.69) is 34.4 Å². The number of halogens is 1. The molecule has 0 spiro atoms. The molecule has 28 heavy (non-hydrogen) atoms. The van der Waals surface area contributed by atoms with Gasteiger partial charge in [0.1, 0.15) is 23.2 Å². The second-order valence-electron chi connectivity index (χ2n) is 6.86. The van der Waals surface area contributed by atoms with Crippen LogP contribution in [0.2, 0.25) is 0 Å². The van der Waals surface area contributed by atoms with Crippen LogP contribution in [-0.2, 0) is 6.54 Å². The third kappa shape index (κ3) is 4.91. The van der Waals surface area contributed by atoms with Crippen molar-refractivity contribution in [2.45, 2.75) is 33.2 Å². The van der Waals surface area contributed by atoms with Crippen LogP contribution >= 0.6 is 0 Å². The van der Waals surface area contributed by atoms with Crippen molar-refractivity contribution < 1.29 is 9.18 Å². The third-order valence-corrected chi connectivity index (χ3v) is 4.29. The fraction of sp³-hybridized carbons (Fsp3) is 0.227. The van der Waals surface area contributed by atoms with E-state index in [-0.39, 0.29) is 23.3 Å². The van der Waals surface area contributed by atoms with E-state index in [0.717, 1.165) is 16.8 Å². The lowest BCUT2D eigenvalue weighted by molar-refractivity contribution is 0.102. The summed E-state index contributed by atoms with van der Waals surface area (Å²) in [5.74, 6) is 0.757. The van der Waals surface area contributed by atoms with Crippen molar-refractivity contribution in [1.29, 1.82) is 0 Å².